The van der Waals surface area contributed by atoms with Gasteiger partial charge in [0, 0.05) is 19.5 Å². The molecule has 0 saturated heterocycles. The summed E-state index contributed by atoms with van der Waals surface area (Å²) in [5.74, 6) is 2.78. The first-order chi connectivity index (χ1) is 17.7. The highest BCUT2D eigenvalue weighted by molar-refractivity contribution is 5.78. The molecule has 0 unspecified atom stereocenters. The fourth-order valence-corrected chi connectivity index (χ4v) is 4.27. The molecule has 6 heteroatoms. The number of nitrogens with zero attached hydrogens (tertiary/aromatic N) is 2. The lowest BCUT2D eigenvalue weighted by atomic mass is 10.1. The number of carbonyl (C=O) groups excluding carboxylic acids is 1. The topological polar surface area (TPSA) is 65.4 Å². The summed E-state index contributed by atoms with van der Waals surface area (Å²) in [6.07, 6.45) is 3.92. The number of methoxy groups -OCH3 is 1. The number of ether oxygens (including phenoxy) is 2. The molecular formula is C30H35N3O3. The van der Waals surface area contributed by atoms with Gasteiger partial charge in [0.1, 0.15) is 17.3 Å². The second kappa shape index (κ2) is 12.8. The molecular weight excluding hydrogens is 450 g/mol. The summed E-state index contributed by atoms with van der Waals surface area (Å²) in [5.41, 5.74) is 4.43. The average molecular weight is 486 g/mol. The number of benzene rings is 3. The van der Waals surface area contributed by atoms with E-state index in [0.29, 0.717) is 19.6 Å². The highest BCUT2D eigenvalue weighted by Gasteiger charge is 2.11. The third-order valence-electron chi connectivity index (χ3n) is 6.28. The summed E-state index contributed by atoms with van der Waals surface area (Å²) in [4.78, 5) is 17.2. The number of aromatic nitrogens is 2. The van der Waals surface area contributed by atoms with Crippen molar-refractivity contribution in [3.8, 4) is 11.5 Å². The largest absolute Gasteiger partial charge is 0.497 e. The first-order valence-electron chi connectivity index (χ1n) is 12.7. The van der Waals surface area contributed by atoms with Gasteiger partial charge >= 0.3 is 0 Å². The van der Waals surface area contributed by atoms with Gasteiger partial charge in [-0.25, -0.2) is 4.98 Å². The van der Waals surface area contributed by atoms with Crippen LogP contribution in [0.15, 0.2) is 72.8 Å². The van der Waals surface area contributed by atoms with Crippen molar-refractivity contribution >= 4 is 16.9 Å². The van der Waals surface area contributed by atoms with E-state index in [1.807, 2.05) is 42.5 Å². The van der Waals surface area contributed by atoms with Crippen LogP contribution in [0, 0.1) is 0 Å². The van der Waals surface area contributed by atoms with Crippen LogP contribution in [0.1, 0.15) is 36.7 Å². The number of para-hydroxylation sites is 2. The molecule has 4 rings (SSSR count). The Bertz CT molecular complexity index is 1250. The second-order valence-electron chi connectivity index (χ2n) is 8.85. The van der Waals surface area contributed by atoms with Crippen molar-refractivity contribution in [3.63, 3.8) is 0 Å². The summed E-state index contributed by atoms with van der Waals surface area (Å²) in [6, 6.07) is 24.2. The first kappa shape index (κ1) is 25.3. The number of nitrogens with one attached hydrogen (secondary N) is 1. The molecule has 0 atom stereocenters. The van der Waals surface area contributed by atoms with Crippen LogP contribution >= 0.6 is 0 Å². The van der Waals surface area contributed by atoms with Crippen molar-refractivity contribution in [1.82, 2.24) is 14.9 Å². The van der Waals surface area contributed by atoms with Crippen molar-refractivity contribution in [2.24, 2.45) is 0 Å². The number of imidazole rings is 1. The molecule has 0 radical (unpaired) electrons. The summed E-state index contributed by atoms with van der Waals surface area (Å²) < 4.78 is 13.4. The van der Waals surface area contributed by atoms with Gasteiger partial charge in [0.2, 0.25) is 5.91 Å². The minimum absolute atomic E-state index is 0.0257. The summed E-state index contributed by atoms with van der Waals surface area (Å²) >= 11 is 0. The third-order valence-corrected chi connectivity index (χ3v) is 6.28. The molecule has 0 spiro atoms. The smallest absolute Gasteiger partial charge is 0.224 e. The van der Waals surface area contributed by atoms with Gasteiger partial charge in [0.25, 0.3) is 0 Å². The standard InChI is InChI=1S/C30H35N3O3/c1-3-23-11-17-26(18-12-23)36-21-7-20-33-28-9-5-4-8-27(28)32-29(33)10-6-19-31-30(34)22-24-13-15-25(35-2)16-14-24/h4-5,8-9,11-18H,3,6-7,10,19-22H2,1-2H3,(H,31,34). The quantitative estimate of drug-likeness (QED) is 0.259. The van der Waals surface area contributed by atoms with Crippen LogP contribution in [0.5, 0.6) is 11.5 Å². The Morgan fingerprint density at radius 2 is 1.64 bits per heavy atom. The van der Waals surface area contributed by atoms with Crippen LogP contribution in [-0.2, 0) is 30.6 Å². The maximum Gasteiger partial charge on any atom is 0.224 e. The molecule has 0 aliphatic carbocycles. The summed E-state index contributed by atoms with van der Waals surface area (Å²) in [5, 5.41) is 3.03. The molecule has 1 N–H and O–H groups in total. The minimum atomic E-state index is 0.0257. The molecule has 3 aromatic carbocycles. The number of carbonyl (C=O) groups is 1. The Morgan fingerprint density at radius 3 is 2.39 bits per heavy atom. The second-order valence-corrected chi connectivity index (χ2v) is 8.85. The molecule has 1 amide bonds. The highest BCUT2D eigenvalue weighted by atomic mass is 16.5. The number of amides is 1. The predicted octanol–water partition coefficient (Wildman–Crippen LogP) is 5.37. The monoisotopic (exact) mass is 485 g/mol. The number of hydrogen-bond donors (Lipinski definition) is 1. The van der Waals surface area contributed by atoms with E-state index in [1.54, 1.807) is 7.11 Å². The first-order valence-corrected chi connectivity index (χ1v) is 12.7. The number of hydrogen-bond acceptors (Lipinski definition) is 4. The van der Waals surface area contributed by atoms with E-state index in [2.05, 4.69) is 47.1 Å². The van der Waals surface area contributed by atoms with E-state index in [0.717, 1.165) is 66.1 Å². The van der Waals surface area contributed by atoms with Gasteiger partial charge in [-0.2, -0.15) is 0 Å². The van der Waals surface area contributed by atoms with Crippen LogP contribution in [-0.4, -0.2) is 35.7 Å². The minimum Gasteiger partial charge on any atom is -0.497 e. The van der Waals surface area contributed by atoms with E-state index in [4.69, 9.17) is 14.5 Å². The Balaban J connectivity index is 1.27. The highest BCUT2D eigenvalue weighted by Crippen LogP contribution is 2.18. The summed E-state index contributed by atoms with van der Waals surface area (Å²) in [6.45, 7) is 4.26. The van der Waals surface area contributed by atoms with Crippen LogP contribution in [0.25, 0.3) is 11.0 Å². The van der Waals surface area contributed by atoms with Gasteiger partial charge in [-0.1, -0.05) is 43.3 Å². The zero-order chi connectivity index (χ0) is 25.2. The average Bonchev–Trinajstić information content (AvgIpc) is 3.27. The number of rotatable bonds is 13. The number of aryl methyl sites for hydroxylation is 3. The van der Waals surface area contributed by atoms with E-state index in [1.165, 1.54) is 5.56 Å². The predicted molar refractivity (Wildman–Crippen MR) is 144 cm³/mol. The van der Waals surface area contributed by atoms with Gasteiger partial charge in [-0.05, 0) is 66.8 Å². The molecule has 188 valence electrons. The molecule has 36 heavy (non-hydrogen) atoms. The molecule has 4 aromatic rings. The van der Waals surface area contributed by atoms with Crippen LogP contribution in [0.2, 0.25) is 0 Å². The lowest BCUT2D eigenvalue weighted by Gasteiger charge is -2.11. The summed E-state index contributed by atoms with van der Waals surface area (Å²) in [7, 11) is 1.64. The molecule has 1 heterocycles. The molecule has 1 aromatic heterocycles. The lowest BCUT2D eigenvalue weighted by molar-refractivity contribution is -0.120. The Labute approximate surface area is 213 Å². The van der Waals surface area contributed by atoms with Crippen molar-refractivity contribution in [3.05, 3.63) is 89.7 Å². The molecule has 0 bridgehead atoms. The van der Waals surface area contributed by atoms with Crippen LogP contribution in [0.4, 0.5) is 0 Å². The van der Waals surface area contributed by atoms with Gasteiger partial charge < -0.3 is 19.4 Å². The molecule has 0 saturated carbocycles. The maximum absolute atomic E-state index is 12.3. The molecule has 6 nitrogen and oxygen atoms in total. The molecule has 0 aliphatic heterocycles. The number of fused-ring (bicyclic) bond motifs is 1. The lowest BCUT2D eigenvalue weighted by Crippen LogP contribution is -2.26. The SMILES string of the molecule is CCc1ccc(OCCCn2c(CCCNC(=O)Cc3ccc(OC)cc3)nc3ccccc32)cc1. The van der Waals surface area contributed by atoms with Crippen molar-refractivity contribution in [2.45, 2.75) is 45.6 Å². The molecule has 0 fully saturated rings. The van der Waals surface area contributed by atoms with Crippen LogP contribution in [0.3, 0.4) is 0 Å². The van der Waals surface area contributed by atoms with Crippen molar-refractivity contribution < 1.29 is 14.3 Å². The van der Waals surface area contributed by atoms with E-state index < -0.39 is 0 Å². The van der Waals surface area contributed by atoms with Crippen molar-refractivity contribution in [1.29, 1.82) is 0 Å². The van der Waals surface area contributed by atoms with Gasteiger partial charge in [-0.3, -0.25) is 4.79 Å². The Morgan fingerprint density at radius 1 is 0.917 bits per heavy atom. The zero-order valence-corrected chi connectivity index (χ0v) is 21.2. The Kier molecular flexibility index (Phi) is 8.98. The maximum atomic E-state index is 12.3. The Hall–Kier alpha value is -3.80. The van der Waals surface area contributed by atoms with E-state index >= 15 is 0 Å². The van der Waals surface area contributed by atoms with E-state index in [-0.39, 0.29) is 5.91 Å². The zero-order valence-electron chi connectivity index (χ0n) is 21.2. The van der Waals surface area contributed by atoms with Gasteiger partial charge in [-0.15, -0.1) is 0 Å². The fraction of sp³-hybridized carbons (Fsp3) is 0.333. The van der Waals surface area contributed by atoms with Crippen molar-refractivity contribution in [2.75, 3.05) is 20.3 Å². The van der Waals surface area contributed by atoms with E-state index in [9.17, 15) is 4.79 Å². The third kappa shape index (κ3) is 6.87. The van der Waals surface area contributed by atoms with Gasteiger partial charge in [0.15, 0.2) is 0 Å². The normalized spacial score (nSPS) is 10.9. The van der Waals surface area contributed by atoms with Crippen LogP contribution < -0.4 is 14.8 Å². The van der Waals surface area contributed by atoms with Gasteiger partial charge in [0.05, 0.1) is 31.2 Å². The fourth-order valence-electron chi connectivity index (χ4n) is 4.27. The molecule has 0 aliphatic rings.